The molecule has 1 fully saturated rings. The molecule has 0 atom stereocenters. The van der Waals surface area contributed by atoms with Crippen molar-refractivity contribution < 1.29 is 13.2 Å². The number of fused-ring (bicyclic) bond motifs is 1. The number of benzene rings is 2. The molecule has 0 spiro atoms. The van der Waals surface area contributed by atoms with E-state index in [-0.39, 0.29) is 4.90 Å². The lowest BCUT2D eigenvalue weighted by atomic mass is 10.2. The number of carbonyl (C=O) groups is 1. The van der Waals surface area contributed by atoms with Gasteiger partial charge in [-0.25, -0.2) is 13.4 Å². The lowest BCUT2D eigenvalue weighted by Gasteiger charge is -2.34. The Morgan fingerprint density at radius 3 is 2.47 bits per heavy atom. The normalized spacial score (nSPS) is 15.2. The second-order valence-electron chi connectivity index (χ2n) is 8.17. The second kappa shape index (κ2) is 9.56. The second-order valence-corrected chi connectivity index (χ2v) is 11.2. The molecule has 0 aliphatic carbocycles. The van der Waals surface area contributed by atoms with E-state index in [9.17, 15) is 13.2 Å². The molecule has 1 aromatic heterocycles. The molecular weight excluding hydrogens is 444 g/mol. The molecule has 0 bridgehead atoms. The maximum atomic E-state index is 12.4. The van der Waals surface area contributed by atoms with Gasteiger partial charge in [-0.3, -0.25) is 9.69 Å². The summed E-state index contributed by atoms with van der Waals surface area (Å²) in [7, 11) is -3.62. The molecule has 1 saturated heterocycles. The highest BCUT2D eigenvalue weighted by Gasteiger charge is 2.21. The fourth-order valence-corrected chi connectivity index (χ4v) is 6.04. The molecule has 0 unspecified atom stereocenters. The molecule has 0 saturated carbocycles. The first-order valence-corrected chi connectivity index (χ1v) is 13.2. The molecule has 2 aromatic carbocycles. The summed E-state index contributed by atoms with van der Waals surface area (Å²) >= 11 is 1.73. The van der Waals surface area contributed by atoms with E-state index < -0.39 is 21.5 Å². The monoisotopic (exact) mass is 472 g/mol. The minimum atomic E-state index is -3.62. The van der Waals surface area contributed by atoms with Crippen LogP contribution in [0.4, 0.5) is 5.13 Å². The third-order valence-corrected chi connectivity index (χ3v) is 8.42. The average molecular weight is 473 g/mol. The maximum Gasteiger partial charge on any atom is 0.235 e. The Labute approximate surface area is 193 Å². The number of hydrogen-bond donors (Lipinski definition) is 1. The van der Waals surface area contributed by atoms with E-state index >= 15 is 0 Å². The van der Waals surface area contributed by atoms with Crippen molar-refractivity contribution >= 4 is 42.4 Å². The zero-order valence-corrected chi connectivity index (χ0v) is 20.0. The predicted octanol–water partition coefficient (Wildman–Crippen LogP) is 2.63. The highest BCUT2D eigenvalue weighted by molar-refractivity contribution is 7.92. The molecule has 1 aliphatic rings. The molecule has 0 radical (unpaired) electrons. The zero-order chi connectivity index (χ0) is 22.7. The largest absolute Gasteiger partial charge is 0.354 e. The molecule has 7 nitrogen and oxygen atoms in total. The fourth-order valence-electron chi connectivity index (χ4n) is 3.78. The topological polar surface area (TPSA) is 82.6 Å². The number of rotatable bonds is 7. The summed E-state index contributed by atoms with van der Waals surface area (Å²) in [5.74, 6) is -0.991. The van der Waals surface area contributed by atoms with Crippen molar-refractivity contribution in [2.75, 3.05) is 49.9 Å². The number of hydrogen-bond acceptors (Lipinski definition) is 7. The molecule has 9 heteroatoms. The van der Waals surface area contributed by atoms with Crippen LogP contribution in [0.1, 0.15) is 11.1 Å². The lowest BCUT2D eigenvalue weighted by molar-refractivity contribution is -0.118. The van der Waals surface area contributed by atoms with Crippen molar-refractivity contribution in [2.24, 2.45) is 0 Å². The number of thiazole rings is 1. The number of anilines is 1. The standard InChI is InChI=1S/C23H28N4O3S2/c1-17-6-8-19(9-7-17)32(29,30)16-21(28)24-10-11-26-12-14-27(15-13-26)23-25-22-18(2)4-3-5-20(22)31-23/h3-9H,10-16H2,1-2H3,(H,24,28). The SMILES string of the molecule is Cc1ccc(S(=O)(=O)CC(=O)NCCN2CCN(c3nc4c(C)cccc4s3)CC2)cc1. The number of amides is 1. The number of sulfone groups is 1. The van der Waals surface area contributed by atoms with Crippen molar-refractivity contribution in [2.45, 2.75) is 18.7 Å². The van der Waals surface area contributed by atoms with Crippen LogP contribution in [-0.4, -0.2) is 69.2 Å². The van der Waals surface area contributed by atoms with E-state index in [0.717, 1.165) is 42.4 Å². The van der Waals surface area contributed by atoms with Gasteiger partial charge in [-0.2, -0.15) is 0 Å². The van der Waals surface area contributed by atoms with Crippen LogP contribution in [0, 0.1) is 13.8 Å². The van der Waals surface area contributed by atoms with Crippen LogP contribution < -0.4 is 10.2 Å². The first kappa shape index (κ1) is 22.7. The Balaban J connectivity index is 1.22. The van der Waals surface area contributed by atoms with Gasteiger partial charge in [-0.05, 0) is 37.6 Å². The number of para-hydroxylation sites is 1. The summed E-state index contributed by atoms with van der Waals surface area (Å²) in [6.45, 7) is 8.64. The summed E-state index contributed by atoms with van der Waals surface area (Å²) in [5.41, 5.74) is 3.26. The van der Waals surface area contributed by atoms with Gasteiger partial charge in [0.1, 0.15) is 5.75 Å². The first-order valence-electron chi connectivity index (χ1n) is 10.7. The average Bonchev–Trinajstić information content (AvgIpc) is 3.20. The molecule has 3 aromatic rings. The van der Waals surface area contributed by atoms with Crippen molar-refractivity contribution in [3.05, 3.63) is 53.6 Å². The Morgan fingerprint density at radius 2 is 1.78 bits per heavy atom. The molecule has 32 heavy (non-hydrogen) atoms. The Hall–Kier alpha value is -2.49. The summed E-state index contributed by atoms with van der Waals surface area (Å²) in [6.07, 6.45) is 0. The van der Waals surface area contributed by atoms with Crippen molar-refractivity contribution in [1.82, 2.24) is 15.2 Å². The van der Waals surface area contributed by atoms with Crippen LogP contribution in [0.25, 0.3) is 10.2 Å². The lowest BCUT2D eigenvalue weighted by Crippen LogP contribution is -2.48. The first-order chi connectivity index (χ1) is 15.3. The van der Waals surface area contributed by atoms with Crippen LogP contribution in [0.15, 0.2) is 47.4 Å². The number of nitrogens with one attached hydrogen (secondary N) is 1. The van der Waals surface area contributed by atoms with E-state index in [4.69, 9.17) is 4.98 Å². The molecular formula is C23H28N4O3S2. The minimum absolute atomic E-state index is 0.180. The van der Waals surface area contributed by atoms with Crippen LogP contribution in [0.3, 0.4) is 0 Å². The van der Waals surface area contributed by atoms with Crippen LogP contribution in [0.2, 0.25) is 0 Å². The number of carbonyl (C=O) groups excluding carboxylic acids is 1. The van der Waals surface area contributed by atoms with Gasteiger partial charge >= 0.3 is 0 Å². The van der Waals surface area contributed by atoms with Gasteiger partial charge in [-0.15, -0.1) is 0 Å². The highest BCUT2D eigenvalue weighted by atomic mass is 32.2. The zero-order valence-electron chi connectivity index (χ0n) is 18.4. The third kappa shape index (κ3) is 5.28. The van der Waals surface area contributed by atoms with Gasteiger partial charge in [-0.1, -0.05) is 41.2 Å². The molecule has 2 heterocycles. The van der Waals surface area contributed by atoms with Gasteiger partial charge in [0.25, 0.3) is 0 Å². The number of nitrogens with zero attached hydrogens (tertiary/aromatic N) is 3. The Morgan fingerprint density at radius 1 is 1.06 bits per heavy atom. The highest BCUT2D eigenvalue weighted by Crippen LogP contribution is 2.30. The fraction of sp³-hybridized carbons (Fsp3) is 0.391. The Kier molecular flexibility index (Phi) is 6.78. The van der Waals surface area contributed by atoms with E-state index in [0.29, 0.717) is 13.1 Å². The van der Waals surface area contributed by atoms with Gasteiger partial charge in [0, 0.05) is 39.3 Å². The minimum Gasteiger partial charge on any atom is -0.354 e. The summed E-state index contributed by atoms with van der Waals surface area (Å²) in [5, 5.41) is 3.81. The predicted molar refractivity (Wildman–Crippen MR) is 129 cm³/mol. The summed E-state index contributed by atoms with van der Waals surface area (Å²) < 4.78 is 26.0. The number of aryl methyl sites for hydroxylation is 2. The maximum absolute atomic E-state index is 12.4. The number of aromatic nitrogens is 1. The van der Waals surface area contributed by atoms with Crippen molar-refractivity contribution in [3.8, 4) is 0 Å². The molecule has 1 amide bonds. The van der Waals surface area contributed by atoms with E-state index in [2.05, 4.69) is 40.2 Å². The molecule has 4 rings (SSSR count). The van der Waals surface area contributed by atoms with Gasteiger partial charge in [0.05, 0.1) is 15.1 Å². The summed E-state index contributed by atoms with van der Waals surface area (Å²) in [6, 6.07) is 12.8. The molecule has 170 valence electrons. The molecule has 1 N–H and O–H groups in total. The van der Waals surface area contributed by atoms with Crippen LogP contribution in [0.5, 0.6) is 0 Å². The number of piperazine rings is 1. The van der Waals surface area contributed by atoms with Crippen LogP contribution in [-0.2, 0) is 14.6 Å². The Bertz CT molecular complexity index is 1200. The third-order valence-electron chi connectivity index (χ3n) is 5.70. The molecule has 1 aliphatic heterocycles. The van der Waals surface area contributed by atoms with E-state index in [1.54, 1.807) is 35.6 Å². The van der Waals surface area contributed by atoms with E-state index in [1.165, 1.54) is 10.3 Å². The van der Waals surface area contributed by atoms with Gasteiger partial charge in [0.15, 0.2) is 15.0 Å². The van der Waals surface area contributed by atoms with Gasteiger partial charge < -0.3 is 10.2 Å². The smallest absolute Gasteiger partial charge is 0.235 e. The van der Waals surface area contributed by atoms with Crippen molar-refractivity contribution in [3.63, 3.8) is 0 Å². The van der Waals surface area contributed by atoms with Crippen molar-refractivity contribution in [1.29, 1.82) is 0 Å². The quantitative estimate of drug-likeness (QED) is 0.569. The summed E-state index contributed by atoms with van der Waals surface area (Å²) in [4.78, 5) is 21.8. The van der Waals surface area contributed by atoms with Gasteiger partial charge in [0.2, 0.25) is 5.91 Å². The van der Waals surface area contributed by atoms with E-state index in [1.807, 2.05) is 6.92 Å². The van der Waals surface area contributed by atoms with Crippen LogP contribution >= 0.6 is 11.3 Å².